The average molecular weight is 137 g/mol. The zero-order chi connectivity index (χ0) is 7.56. The Labute approximate surface area is 60.3 Å². The number of aliphatic hydroxyl groups excluding tert-OH is 1. The van der Waals surface area contributed by atoms with Gasteiger partial charge in [0.2, 0.25) is 0 Å². The lowest BCUT2D eigenvalue weighted by Crippen LogP contribution is -2.08. The van der Waals surface area contributed by atoms with Gasteiger partial charge in [-0.2, -0.15) is 0 Å². The molecule has 3 N–H and O–H groups in total. The van der Waals surface area contributed by atoms with Gasteiger partial charge >= 0.3 is 0 Å². The highest BCUT2D eigenvalue weighted by atomic mass is 16.3. The second kappa shape index (κ2) is 2.82. The first-order valence-electron chi connectivity index (χ1n) is 3.20. The lowest BCUT2D eigenvalue weighted by atomic mass is 10.1. The van der Waals surface area contributed by atoms with E-state index in [0.29, 0.717) is 0 Å². The van der Waals surface area contributed by atoms with Crippen LogP contribution in [0.3, 0.4) is 0 Å². The van der Waals surface area contributed by atoms with Gasteiger partial charge in [0.25, 0.3) is 0 Å². The predicted octanol–water partition coefficient (Wildman–Crippen LogP) is 0.945. The maximum Gasteiger partial charge on any atom is 0.128 e. The highest BCUT2D eigenvalue weighted by Gasteiger charge is 1.98. The monoisotopic (exact) mass is 137 g/mol. The van der Waals surface area contributed by atoms with Crippen LogP contribution < -0.4 is 5.73 Å². The van der Waals surface area contributed by atoms with Gasteiger partial charge in [-0.15, -0.1) is 0 Å². The van der Waals surface area contributed by atoms with Crippen LogP contribution >= 0.6 is 0 Å². The second-order valence-electron chi connectivity index (χ2n) is 2.36. The van der Waals surface area contributed by atoms with E-state index < -0.39 is 6.23 Å². The molecule has 1 unspecified atom stereocenters. The molecule has 0 aliphatic heterocycles. The molecule has 0 heterocycles. The van der Waals surface area contributed by atoms with Crippen molar-refractivity contribution >= 4 is 0 Å². The van der Waals surface area contributed by atoms with Crippen molar-refractivity contribution in [3.63, 3.8) is 0 Å². The Morgan fingerprint density at radius 1 is 1.50 bits per heavy atom. The van der Waals surface area contributed by atoms with E-state index in [4.69, 9.17) is 10.8 Å². The van der Waals surface area contributed by atoms with Gasteiger partial charge in [0.15, 0.2) is 0 Å². The Kier molecular flexibility index (Phi) is 2.04. The molecular formula is C8H11NO. The number of benzene rings is 1. The maximum atomic E-state index is 8.93. The summed E-state index contributed by atoms with van der Waals surface area (Å²) >= 11 is 0. The van der Waals surface area contributed by atoms with Crippen LogP contribution in [0.1, 0.15) is 17.4 Å². The summed E-state index contributed by atoms with van der Waals surface area (Å²) in [5.74, 6) is 0. The Bertz CT molecular complexity index is 220. The predicted molar refractivity (Wildman–Crippen MR) is 40.3 cm³/mol. The Balaban J connectivity index is 2.96. The summed E-state index contributed by atoms with van der Waals surface area (Å²) in [4.78, 5) is 0. The van der Waals surface area contributed by atoms with E-state index in [1.165, 1.54) is 0 Å². The van der Waals surface area contributed by atoms with Crippen LogP contribution in [0.5, 0.6) is 0 Å². The van der Waals surface area contributed by atoms with Crippen LogP contribution in [0.15, 0.2) is 24.3 Å². The first kappa shape index (κ1) is 7.25. The quantitative estimate of drug-likeness (QED) is 0.566. The van der Waals surface area contributed by atoms with Crippen LogP contribution in [0.4, 0.5) is 0 Å². The zero-order valence-electron chi connectivity index (χ0n) is 5.91. The number of aryl methyl sites for hydroxylation is 1. The minimum Gasteiger partial charge on any atom is -0.375 e. The largest absolute Gasteiger partial charge is 0.375 e. The molecule has 1 rings (SSSR count). The summed E-state index contributed by atoms with van der Waals surface area (Å²) < 4.78 is 0. The number of nitrogens with two attached hydrogens (primary N) is 1. The highest BCUT2D eigenvalue weighted by Crippen LogP contribution is 2.08. The Morgan fingerprint density at radius 3 is 2.60 bits per heavy atom. The Hall–Kier alpha value is -0.860. The van der Waals surface area contributed by atoms with Crippen molar-refractivity contribution < 1.29 is 5.11 Å². The molecule has 0 aliphatic rings. The van der Waals surface area contributed by atoms with Crippen molar-refractivity contribution in [1.82, 2.24) is 0 Å². The molecule has 54 valence electrons. The summed E-state index contributed by atoms with van der Waals surface area (Å²) in [5.41, 5.74) is 7.12. The van der Waals surface area contributed by atoms with Gasteiger partial charge in [-0.3, -0.25) is 0 Å². The molecule has 0 amide bonds. The van der Waals surface area contributed by atoms with E-state index in [0.717, 1.165) is 11.1 Å². The molecule has 0 saturated carbocycles. The first-order valence-corrected chi connectivity index (χ1v) is 3.20. The second-order valence-corrected chi connectivity index (χ2v) is 2.36. The molecule has 1 aromatic rings. The van der Waals surface area contributed by atoms with Crippen molar-refractivity contribution in [1.29, 1.82) is 0 Å². The fraction of sp³-hybridized carbons (Fsp3) is 0.250. The summed E-state index contributed by atoms with van der Waals surface area (Å²) in [6.45, 7) is 1.96. The van der Waals surface area contributed by atoms with Gasteiger partial charge in [-0.05, 0) is 12.5 Å². The first-order chi connectivity index (χ1) is 4.70. The standard InChI is InChI=1S/C8H11NO/c1-6-3-2-4-7(5-6)8(9)10/h2-5,8,10H,9H2,1H3. The van der Waals surface area contributed by atoms with E-state index in [2.05, 4.69) is 0 Å². The lowest BCUT2D eigenvalue weighted by Gasteiger charge is -2.03. The molecule has 1 atom stereocenters. The molecule has 10 heavy (non-hydrogen) atoms. The normalized spacial score (nSPS) is 13.1. The molecular weight excluding hydrogens is 126 g/mol. The maximum absolute atomic E-state index is 8.93. The minimum atomic E-state index is -0.847. The molecule has 0 radical (unpaired) electrons. The summed E-state index contributed by atoms with van der Waals surface area (Å²) in [5, 5.41) is 8.93. The molecule has 2 heteroatoms. The Morgan fingerprint density at radius 2 is 2.20 bits per heavy atom. The third-order valence-electron chi connectivity index (χ3n) is 1.38. The van der Waals surface area contributed by atoms with Crippen molar-refractivity contribution in [3.05, 3.63) is 35.4 Å². The van der Waals surface area contributed by atoms with E-state index in [9.17, 15) is 0 Å². The van der Waals surface area contributed by atoms with Crippen LogP contribution in [-0.4, -0.2) is 5.11 Å². The molecule has 0 aromatic heterocycles. The zero-order valence-corrected chi connectivity index (χ0v) is 5.91. The lowest BCUT2D eigenvalue weighted by molar-refractivity contribution is 0.186. The fourth-order valence-corrected chi connectivity index (χ4v) is 0.854. The summed E-state index contributed by atoms with van der Waals surface area (Å²) in [7, 11) is 0. The molecule has 1 aromatic carbocycles. The molecule has 0 bridgehead atoms. The van der Waals surface area contributed by atoms with E-state index in [1.54, 1.807) is 6.07 Å². The van der Waals surface area contributed by atoms with Crippen molar-refractivity contribution in [2.75, 3.05) is 0 Å². The van der Waals surface area contributed by atoms with Gasteiger partial charge in [-0.25, -0.2) is 0 Å². The third kappa shape index (κ3) is 1.56. The number of hydrogen-bond donors (Lipinski definition) is 2. The highest BCUT2D eigenvalue weighted by molar-refractivity contribution is 5.23. The fourth-order valence-electron chi connectivity index (χ4n) is 0.854. The smallest absolute Gasteiger partial charge is 0.128 e. The average Bonchev–Trinajstić information content (AvgIpc) is 1.88. The van der Waals surface area contributed by atoms with Gasteiger partial charge in [0.1, 0.15) is 6.23 Å². The minimum absolute atomic E-state index is 0.764. The van der Waals surface area contributed by atoms with E-state index >= 15 is 0 Å². The van der Waals surface area contributed by atoms with Gasteiger partial charge in [0, 0.05) is 0 Å². The molecule has 0 spiro atoms. The number of aliphatic hydroxyl groups is 1. The third-order valence-corrected chi connectivity index (χ3v) is 1.38. The van der Waals surface area contributed by atoms with Crippen LogP contribution in [-0.2, 0) is 0 Å². The van der Waals surface area contributed by atoms with Crippen molar-refractivity contribution in [3.8, 4) is 0 Å². The SMILES string of the molecule is Cc1cccc(C(N)O)c1. The topological polar surface area (TPSA) is 46.2 Å². The summed E-state index contributed by atoms with van der Waals surface area (Å²) in [6, 6.07) is 7.51. The van der Waals surface area contributed by atoms with E-state index in [-0.39, 0.29) is 0 Å². The van der Waals surface area contributed by atoms with Crippen LogP contribution in [0, 0.1) is 6.92 Å². The van der Waals surface area contributed by atoms with E-state index in [1.807, 2.05) is 25.1 Å². The molecule has 0 aliphatic carbocycles. The van der Waals surface area contributed by atoms with Crippen LogP contribution in [0.2, 0.25) is 0 Å². The molecule has 0 fully saturated rings. The molecule has 0 saturated heterocycles. The van der Waals surface area contributed by atoms with Gasteiger partial charge in [0.05, 0.1) is 0 Å². The number of rotatable bonds is 1. The van der Waals surface area contributed by atoms with Crippen molar-refractivity contribution in [2.45, 2.75) is 13.2 Å². The van der Waals surface area contributed by atoms with Gasteiger partial charge in [-0.1, -0.05) is 29.8 Å². The molecule has 2 nitrogen and oxygen atoms in total. The van der Waals surface area contributed by atoms with Crippen molar-refractivity contribution in [2.24, 2.45) is 5.73 Å². The summed E-state index contributed by atoms with van der Waals surface area (Å²) in [6.07, 6.45) is -0.847. The van der Waals surface area contributed by atoms with Crippen LogP contribution in [0.25, 0.3) is 0 Å². The number of hydrogen-bond acceptors (Lipinski definition) is 2. The van der Waals surface area contributed by atoms with Gasteiger partial charge < -0.3 is 10.8 Å².